The van der Waals surface area contributed by atoms with E-state index in [-0.39, 0.29) is 0 Å². The maximum atomic E-state index is 5.35. The Hall–Kier alpha value is -1.66. The number of methoxy groups -OCH3 is 1. The molecule has 3 rings (SSSR count). The van der Waals surface area contributed by atoms with E-state index in [1.165, 1.54) is 17.1 Å². The molecular formula is C17H24N4OS. The van der Waals surface area contributed by atoms with Crippen molar-refractivity contribution in [3.63, 3.8) is 0 Å². The van der Waals surface area contributed by atoms with E-state index in [9.17, 15) is 0 Å². The summed E-state index contributed by atoms with van der Waals surface area (Å²) in [5, 5.41) is 1.05. The van der Waals surface area contributed by atoms with Gasteiger partial charge in [-0.2, -0.15) is 4.37 Å². The van der Waals surface area contributed by atoms with Crippen LogP contribution in [0, 0.1) is 6.92 Å². The monoisotopic (exact) mass is 332 g/mol. The Morgan fingerprint density at radius 1 is 1.22 bits per heavy atom. The zero-order valence-electron chi connectivity index (χ0n) is 14.0. The van der Waals surface area contributed by atoms with Gasteiger partial charge in [0.2, 0.25) is 5.13 Å². The fourth-order valence-corrected chi connectivity index (χ4v) is 3.77. The molecule has 1 unspecified atom stereocenters. The number of hydrogen-bond acceptors (Lipinski definition) is 6. The minimum absolute atomic E-state index is 0.390. The van der Waals surface area contributed by atoms with Gasteiger partial charge in [-0.25, -0.2) is 4.98 Å². The van der Waals surface area contributed by atoms with Gasteiger partial charge in [-0.3, -0.25) is 4.90 Å². The van der Waals surface area contributed by atoms with Crippen LogP contribution in [0.25, 0.3) is 0 Å². The number of aryl methyl sites for hydroxylation is 1. The van der Waals surface area contributed by atoms with E-state index >= 15 is 0 Å². The van der Waals surface area contributed by atoms with Gasteiger partial charge in [0.05, 0.1) is 7.11 Å². The summed E-state index contributed by atoms with van der Waals surface area (Å²) in [4.78, 5) is 9.43. The molecule has 5 nitrogen and oxygen atoms in total. The van der Waals surface area contributed by atoms with Crippen LogP contribution >= 0.6 is 11.5 Å². The third kappa shape index (κ3) is 3.82. The highest BCUT2D eigenvalue weighted by Gasteiger charge is 2.22. The summed E-state index contributed by atoms with van der Waals surface area (Å²) in [5.74, 6) is 1.80. The predicted octanol–water partition coefficient (Wildman–Crippen LogP) is 3.13. The van der Waals surface area contributed by atoms with E-state index in [0.29, 0.717) is 6.04 Å². The molecule has 0 aliphatic carbocycles. The molecule has 1 aromatic heterocycles. The van der Waals surface area contributed by atoms with E-state index in [2.05, 4.69) is 44.3 Å². The van der Waals surface area contributed by atoms with Crippen molar-refractivity contribution < 1.29 is 4.74 Å². The maximum Gasteiger partial charge on any atom is 0.205 e. The highest BCUT2D eigenvalue weighted by atomic mass is 32.1. The number of benzene rings is 1. The van der Waals surface area contributed by atoms with Crippen molar-refractivity contribution in [3.8, 4) is 5.75 Å². The second kappa shape index (κ2) is 7.27. The first-order valence-corrected chi connectivity index (χ1v) is 8.88. The molecule has 124 valence electrons. The summed E-state index contributed by atoms with van der Waals surface area (Å²) in [7, 11) is 1.72. The lowest BCUT2D eigenvalue weighted by molar-refractivity contribution is 0.226. The van der Waals surface area contributed by atoms with Gasteiger partial charge < -0.3 is 9.64 Å². The van der Waals surface area contributed by atoms with Gasteiger partial charge in [0.25, 0.3) is 0 Å². The fraction of sp³-hybridized carbons (Fsp3) is 0.529. The standard InChI is InChI=1S/C17H24N4OS/c1-13(15-6-4-7-16(12-15)22-3)20-8-5-9-21(11-10-20)17-18-14(2)19-23-17/h4,6-7,12-13H,5,8-11H2,1-3H3. The third-order valence-electron chi connectivity index (χ3n) is 4.44. The van der Waals surface area contributed by atoms with Crippen LogP contribution in [0.1, 0.15) is 30.8 Å². The molecule has 1 fully saturated rings. The molecule has 0 spiro atoms. The van der Waals surface area contributed by atoms with Crippen molar-refractivity contribution in [2.75, 3.05) is 38.2 Å². The van der Waals surface area contributed by atoms with Gasteiger partial charge in [0.1, 0.15) is 11.6 Å². The zero-order chi connectivity index (χ0) is 16.2. The smallest absolute Gasteiger partial charge is 0.205 e. The number of aromatic nitrogens is 2. The van der Waals surface area contributed by atoms with Crippen LogP contribution in [-0.2, 0) is 0 Å². The molecular weight excluding hydrogens is 308 g/mol. The van der Waals surface area contributed by atoms with Crippen LogP contribution in [-0.4, -0.2) is 47.5 Å². The Bertz CT molecular complexity index is 645. The van der Waals surface area contributed by atoms with E-state index in [4.69, 9.17) is 4.74 Å². The van der Waals surface area contributed by atoms with Crippen molar-refractivity contribution in [3.05, 3.63) is 35.7 Å². The van der Waals surface area contributed by atoms with Crippen LogP contribution in [0.3, 0.4) is 0 Å². The average Bonchev–Trinajstić information content (AvgIpc) is 2.86. The molecule has 0 N–H and O–H groups in total. The molecule has 6 heteroatoms. The second-order valence-electron chi connectivity index (χ2n) is 5.95. The Kier molecular flexibility index (Phi) is 5.13. The van der Waals surface area contributed by atoms with E-state index in [1.54, 1.807) is 7.11 Å². The van der Waals surface area contributed by atoms with Crippen molar-refractivity contribution in [2.24, 2.45) is 0 Å². The number of rotatable bonds is 4. The van der Waals surface area contributed by atoms with Crippen LogP contribution < -0.4 is 9.64 Å². The van der Waals surface area contributed by atoms with Crippen LogP contribution in [0.5, 0.6) is 5.75 Å². The molecule has 0 amide bonds. The molecule has 1 aliphatic rings. The lowest BCUT2D eigenvalue weighted by atomic mass is 10.1. The molecule has 2 aromatic rings. The molecule has 1 aliphatic heterocycles. The van der Waals surface area contributed by atoms with Crippen molar-refractivity contribution in [2.45, 2.75) is 26.3 Å². The minimum atomic E-state index is 0.390. The van der Waals surface area contributed by atoms with Crippen LogP contribution in [0.15, 0.2) is 24.3 Å². The van der Waals surface area contributed by atoms with Crippen molar-refractivity contribution >= 4 is 16.7 Å². The molecule has 0 bridgehead atoms. The van der Waals surface area contributed by atoms with Crippen LogP contribution in [0.2, 0.25) is 0 Å². The third-order valence-corrected chi connectivity index (χ3v) is 5.31. The lowest BCUT2D eigenvalue weighted by Crippen LogP contribution is -2.32. The average molecular weight is 332 g/mol. The maximum absolute atomic E-state index is 5.35. The van der Waals surface area contributed by atoms with E-state index < -0.39 is 0 Å². The van der Waals surface area contributed by atoms with Crippen molar-refractivity contribution in [1.29, 1.82) is 0 Å². The molecule has 0 saturated carbocycles. The Morgan fingerprint density at radius 3 is 2.83 bits per heavy atom. The minimum Gasteiger partial charge on any atom is -0.497 e. The van der Waals surface area contributed by atoms with Crippen LogP contribution in [0.4, 0.5) is 5.13 Å². The number of anilines is 1. The summed E-state index contributed by atoms with van der Waals surface area (Å²) < 4.78 is 9.66. The van der Waals surface area contributed by atoms with E-state index in [0.717, 1.165) is 49.3 Å². The largest absolute Gasteiger partial charge is 0.497 e. The van der Waals surface area contributed by atoms with Gasteiger partial charge in [-0.05, 0) is 38.0 Å². The zero-order valence-corrected chi connectivity index (χ0v) is 14.8. The number of nitrogens with zero attached hydrogens (tertiary/aromatic N) is 4. The first-order chi connectivity index (χ1) is 11.2. The van der Waals surface area contributed by atoms with Gasteiger partial charge in [0.15, 0.2) is 0 Å². The molecule has 1 aromatic carbocycles. The fourth-order valence-electron chi connectivity index (χ4n) is 3.04. The summed E-state index contributed by atoms with van der Waals surface area (Å²) in [6, 6.07) is 8.78. The Morgan fingerprint density at radius 2 is 2.09 bits per heavy atom. The topological polar surface area (TPSA) is 41.5 Å². The lowest BCUT2D eigenvalue weighted by Gasteiger charge is -2.28. The Balaban J connectivity index is 1.67. The quantitative estimate of drug-likeness (QED) is 0.860. The van der Waals surface area contributed by atoms with Gasteiger partial charge in [-0.15, -0.1) is 0 Å². The normalized spacial score (nSPS) is 17.8. The first kappa shape index (κ1) is 16.2. The summed E-state index contributed by atoms with van der Waals surface area (Å²) >= 11 is 1.51. The molecule has 23 heavy (non-hydrogen) atoms. The first-order valence-electron chi connectivity index (χ1n) is 8.10. The number of ether oxygens (including phenoxy) is 1. The van der Waals surface area contributed by atoms with Gasteiger partial charge >= 0.3 is 0 Å². The molecule has 1 atom stereocenters. The molecule has 0 radical (unpaired) electrons. The Labute approximate surface area is 142 Å². The predicted molar refractivity (Wildman–Crippen MR) is 94.5 cm³/mol. The highest BCUT2D eigenvalue weighted by Crippen LogP contribution is 2.26. The molecule has 2 heterocycles. The van der Waals surface area contributed by atoms with Gasteiger partial charge in [0, 0.05) is 43.8 Å². The number of hydrogen-bond donors (Lipinski definition) is 0. The van der Waals surface area contributed by atoms with E-state index in [1.807, 2.05) is 13.0 Å². The summed E-state index contributed by atoms with van der Waals surface area (Å²) in [6.07, 6.45) is 1.15. The summed E-state index contributed by atoms with van der Waals surface area (Å²) in [5.41, 5.74) is 1.31. The van der Waals surface area contributed by atoms with Gasteiger partial charge in [-0.1, -0.05) is 12.1 Å². The molecule has 1 saturated heterocycles. The summed E-state index contributed by atoms with van der Waals surface area (Å²) in [6.45, 7) is 8.43. The second-order valence-corrected chi connectivity index (χ2v) is 6.68. The highest BCUT2D eigenvalue weighted by molar-refractivity contribution is 7.09. The van der Waals surface area contributed by atoms with Crippen molar-refractivity contribution in [1.82, 2.24) is 14.3 Å². The SMILES string of the molecule is COc1cccc(C(C)N2CCCN(c3nc(C)ns3)CC2)c1.